The van der Waals surface area contributed by atoms with Crippen molar-refractivity contribution in [2.24, 2.45) is 7.05 Å². The second-order valence-corrected chi connectivity index (χ2v) is 5.10. The van der Waals surface area contributed by atoms with Gasteiger partial charge in [-0.05, 0) is 41.2 Å². The van der Waals surface area contributed by atoms with E-state index < -0.39 is 0 Å². The molecule has 2 aromatic rings. The van der Waals surface area contributed by atoms with Crippen LogP contribution in [0.3, 0.4) is 0 Å². The van der Waals surface area contributed by atoms with Gasteiger partial charge in [0.25, 0.3) is 0 Å². The number of rotatable bonds is 5. The first kappa shape index (κ1) is 14.9. The molecule has 6 heteroatoms. The van der Waals surface area contributed by atoms with E-state index in [0.717, 1.165) is 27.2 Å². The third-order valence-electron chi connectivity index (χ3n) is 3.27. The number of methoxy groups -OCH3 is 2. The zero-order valence-electron chi connectivity index (χ0n) is 12.0. The minimum atomic E-state index is -0.0142. The number of aromatic nitrogens is 2. The minimum absolute atomic E-state index is 0.0142. The summed E-state index contributed by atoms with van der Waals surface area (Å²) in [7, 11) is 7.12. The maximum absolute atomic E-state index is 5.54. The molecule has 1 N–H and O–H groups in total. The van der Waals surface area contributed by atoms with E-state index >= 15 is 0 Å². The molecule has 0 bridgehead atoms. The smallest absolute Gasteiger partial charge is 0.141 e. The highest BCUT2D eigenvalue weighted by Gasteiger charge is 2.22. The van der Waals surface area contributed by atoms with E-state index in [0.29, 0.717) is 0 Å². The fourth-order valence-electron chi connectivity index (χ4n) is 2.28. The summed E-state index contributed by atoms with van der Waals surface area (Å²) in [6.07, 6.45) is 1.78. The molecule has 1 aromatic carbocycles. The molecule has 1 unspecified atom stereocenters. The van der Waals surface area contributed by atoms with E-state index in [1.165, 1.54) is 0 Å². The van der Waals surface area contributed by atoms with Gasteiger partial charge in [0.05, 0.1) is 26.0 Å². The summed E-state index contributed by atoms with van der Waals surface area (Å²) >= 11 is 3.53. The Morgan fingerprint density at radius 2 is 2.00 bits per heavy atom. The maximum Gasteiger partial charge on any atom is 0.141 e. The molecule has 5 nitrogen and oxygen atoms in total. The van der Waals surface area contributed by atoms with Crippen molar-refractivity contribution in [2.75, 3.05) is 21.3 Å². The monoisotopic (exact) mass is 339 g/mol. The number of nitrogens with zero attached hydrogens (tertiary/aromatic N) is 2. The van der Waals surface area contributed by atoms with Crippen LogP contribution in [-0.4, -0.2) is 31.0 Å². The molecule has 20 heavy (non-hydrogen) atoms. The standard InChI is InChI=1S/C14H18BrN3O2/c1-16-13(10-7-8-17-18(10)2)9-5-6-11(19-3)12(15)14(9)20-4/h5-8,13,16H,1-4H3. The maximum atomic E-state index is 5.54. The molecule has 0 aliphatic heterocycles. The van der Waals surface area contributed by atoms with Crippen molar-refractivity contribution in [1.82, 2.24) is 15.1 Å². The van der Waals surface area contributed by atoms with Crippen molar-refractivity contribution in [1.29, 1.82) is 0 Å². The summed E-state index contributed by atoms with van der Waals surface area (Å²) < 4.78 is 13.5. The van der Waals surface area contributed by atoms with Gasteiger partial charge >= 0.3 is 0 Å². The number of hydrogen-bond donors (Lipinski definition) is 1. The van der Waals surface area contributed by atoms with Gasteiger partial charge in [-0.3, -0.25) is 4.68 Å². The highest BCUT2D eigenvalue weighted by atomic mass is 79.9. The van der Waals surface area contributed by atoms with Crippen LogP contribution < -0.4 is 14.8 Å². The van der Waals surface area contributed by atoms with Gasteiger partial charge in [0, 0.05) is 18.8 Å². The number of hydrogen-bond acceptors (Lipinski definition) is 4. The van der Waals surface area contributed by atoms with Gasteiger partial charge in [-0.1, -0.05) is 0 Å². The van der Waals surface area contributed by atoms with E-state index in [4.69, 9.17) is 9.47 Å². The number of benzene rings is 1. The molecule has 1 atom stereocenters. The summed E-state index contributed by atoms with van der Waals surface area (Å²) in [4.78, 5) is 0. The van der Waals surface area contributed by atoms with Crippen molar-refractivity contribution in [3.63, 3.8) is 0 Å². The van der Waals surface area contributed by atoms with Crippen LogP contribution in [0.25, 0.3) is 0 Å². The van der Waals surface area contributed by atoms with E-state index in [1.807, 2.05) is 37.0 Å². The van der Waals surface area contributed by atoms with Crippen molar-refractivity contribution < 1.29 is 9.47 Å². The molecule has 2 rings (SSSR count). The molecule has 0 spiro atoms. The second-order valence-electron chi connectivity index (χ2n) is 4.31. The summed E-state index contributed by atoms with van der Waals surface area (Å²) in [6, 6.07) is 5.89. The van der Waals surface area contributed by atoms with Crippen molar-refractivity contribution >= 4 is 15.9 Å². The summed E-state index contributed by atoms with van der Waals surface area (Å²) in [5.41, 5.74) is 2.08. The Bertz CT molecular complexity index is 598. The molecule has 108 valence electrons. The average molecular weight is 340 g/mol. The fraction of sp³-hybridized carbons (Fsp3) is 0.357. The summed E-state index contributed by atoms with van der Waals surface area (Å²) in [5.74, 6) is 1.50. The lowest BCUT2D eigenvalue weighted by Gasteiger charge is -2.21. The van der Waals surface area contributed by atoms with Crippen LogP contribution in [0.15, 0.2) is 28.9 Å². The Labute approximate surface area is 127 Å². The molecule has 1 aromatic heterocycles. The normalized spacial score (nSPS) is 12.2. The number of aryl methyl sites for hydroxylation is 1. The first-order chi connectivity index (χ1) is 9.63. The van der Waals surface area contributed by atoms with Crippen LogP contribution in [0.4, 0.5) is 0 Å². The molecule has 0 radical (unpaired) electrons. The molecule has 0 saturated carbocycles. The summed E-state index contributed by atoms with van der Waals surface area (Å²) in [6.45, 7) is 0. The van der Waals surface area contributed by atoms with Gasteiger partial charge in [-0.25, -0.2) is 0 Å². The van der Waals surface area contributed by atoms with Gasteiger partial charge in [-0.15, -0.1) is 0 Å². The lowest BCUT2D eigenvalue weighted by Crippen LogP contribution is -2.21. The van der Waals surface area contributed by atoms with Crippen molar-refractivity contribution in [3.05, 3.63) is 40.1 Å². The molecule has 0 aliphatic carbocycles. The predicted molar refractivity (Wildman–Crippen MR) is 81.4 cm³/mol. The Morgan fingerprint density at radius 1 is 1.25 bits per heavy atom. The topological polar surface area (TPSA) is 48.3 Å². The van der Waals surface area contributed by atoms with Crippen LogP contribution in [0, 0.1) is 0 Å². The van der Waals surface area contributed by atoms with Crippen LogP contribution >= 0.6 is 15.9 Å². The third kappa shape index (κ3) is 2.53. The molecular weight excluding hydrogens is 322 g/mol. The lowest BCUT2D eigenvalue weighted by molar-refractivity contribution is 0.382. The molecule has 1 heterocycles. The van der Waals surface area contributed by atoms with E-state index in [1.54, 1.807) is 20.4 Å². The number of ether oxygens (including phenoxy) is 2. The second kappa shape index (κ2) is 6.28. The predicted octanol–water partition coefficient (Wildman–Crippen LogP) is 2.51. The number of halogens is 1. The lowest BCUT2D eigenvalue weighted by atomic mass is 10.0. The Kier molecular flexibility index (Phi) is 4.67. The van der Waals surface area contributed by atoms with Gasteiger partial charge in [-0.2, -0.15) is 5.10 Å². The Morgan fingerprint density at radius 3 is 2.50 bits per heavy atom. The van der Waals surface area contributed by atoms with E-state index in [2.05, 4.69) is 26.3 Å². The molecule has 0 saturated heterocycles. The first-order valence-electron chi connectivity index (χ1n) is 6.19. The largest absolute Gasteiger partial charge is 0.495 e. The highest BCUT2D eigenvalue weighted by molar-refractivity contribution is 9.10. The van der Waals surface area contributed by atoms with Crippen LogP contribution in [0.5, 0.6) is 11.5 Å². The molecule has 0 fully saturated rings. The molecule has 0 aliphatic rings. The van der Waals surface area contributed by atoms with Gasteiger partial charge in [0.1, 0.15) is 16.0 Å². The van der Waals surface area contributed by atoms with Gasteiger partial charge in [0.2, 0.25) is 0 Å². The van der Waals surface area contributed by atoms with Crippen molar-refractivity contribution in [2.45, 2.75) is 6.04 Å². The van der Waals surface area contributed by atoms with Crippen LogP contribution in [-0.2, 0) is 7.05 Å². The van der Waals surface area contributed by atoms with Crippen LogP contribution in [0.2, 0.25) is 0 Å². The Balaban J connectivity index is 2.56. The Hall–Kier alpha value is -1.53. The van der Waals surface area contributed by atoms with Gasteiger partial charge < -0.3 is 14.8 Å². The molecular formula is C14H18BrN3O2. The van der Waals surface area contributed by atoms with E-state index in [9.17, 15) is 0 Å². The van der Waals surface area contributed by atoms with Crippen molar-refractivity contribution in [3.8, 4) is 11.5 Å². The number of nitrogens with one attached hydrogen (secondary N) is 1. The fourth-order valence-corrected chi connectivity index (χ4v) is 2.96. The summed E-state index contributed by atoms with van der Waals surface area (Å²) in [5, 5.41) is 7.52. The minimum Gasteiger partial charge on any atom is -0.495 e. The van der Waals surface area contributed by atoms with E-state index in [-0.39, 0.29) is 6.04 Å². The average Bonchev–Trinajstić information content (AvgIpc) is 2.86. The third-order valence-corrected chi connectivity index (χ3v) is 4.02. The zero-order valence-corrected chi connectivity index (χ0v) is 13.6. The van der Waals surface area contributed by atoms with Gasteiger partial charge in [0.15, 0.2) is 0 Å². The zero-order chi connectivity index (χ0) is 14.7. The highest BCUT2D eigenvalue weighted by Crippen LogP contribution is 2.40. The quantitative estimate of drug-likeness (QED) is 0.909. The van der Waals surface area contributed by atoms with Crippen LogP contribution in [0.1, 0.15) is 17.3 Å². The molecule has 0 amide bonds. The first-order valence-corrected chi connectivity index (χ1v) is 6.98. The SMILES string of the molecule is CNC(c1ccc(OC)c(Br)c1OC)c1ccnn1C.